The van der Waals surface area contributed by atoms with Crippen LogP contribution >= 0.6 is 0 Å². The molecule has 4 nitrogen and oxygen atoms in total. The number of nitrogen functional groups attached to an aromatic ring is 1. The largest absolute Gasteiger partial charge is 0.484 e. The Morgan fingerprint density at radius 1 is 1.35 bits per heavy atom. The predicted molar refractivity (Wildman–Crippen MR) is 68.9 cm³/mol. The van der Waals surface area contributed by atoms with E-state index in [1.807, 2.05) is 20.8 Å². The van der Waals surface area contributed by atoms with Gasteiger partial charge in [0.25, 0.3) is 5.91 Å². The number of benzene rings is 1. The Bertz CT molecular complexity index is 372. The fourth-order valence-corrected chi connectivity index (χ4v) is 1.21. The molecule has 17 heavy (non-hydrogen) atoms. The Morgan fingerprint density at radius 3 is 2.47 bits per heavy atom. The Kier molecular flexibility index (Phi) is 4.37. The van der Waals surface area contributed by atoms with E-state index in [9.17, 15) is 4.79 Å². The van der Waals surface area contributed by atoms with Crippen molar-refractivity contribution in [2.24, 2.45) is 0 Å². The van der Waals surface area contributed by atoms with Crippen LogP contribution in [0.3, 0.4) is 0 Å². The third-order valence-electron chi connectivity index (χ3n) is 2.61. The van der Waals surface area contributed by atoms with Crippen LogP contribution in [0.2, 0.25) is 0 Å². The minimum atomic E-state index is -0.193. The van der Waals surface area contributed by atoms with Gasteiger partial charge in [-0.15, -0.1) is 0 Å². The summed E-state index contributed by atoms with van der Waals surface area (Å²) in [6, 6.07) is 6.97. The summed E-state index contributed by atoms with van der Waals surface area (Å²) < 4.78 is 5.35. The molecule has 0 aliphatic heterocycles. The van der Waals surface area contributed by atoms with E-state index in [4.69, 9.17) is 10.5 Å². The van der Waals surface area contributed by atoms with E-state index >= 15 is 0 Å². The first-order valence-electron chi connectivity index (χ1n) is 5.72. The van der Waals surface area contributed by atoms with E-state index < -0.39 is 0 Å². The molecule has 0 spiro atoms. The van der Waals surface area contributed by atoms with Gasteiger partial charge in [0.2, 0.25) is 0 Å². The van der Waals surface area contributed by atoms with Gasteiger partial charge in [-0.2, -0.15) is 0 Å². The van der Waals surface area contributed by atoms with Crippen molar-refractivity contribution >= 4 is 11.6 Å². The van der Waals surface area contributed by atoms with Crippen LogP contribution in [-0.4, -0.2) is 18.1 Å². The summed E-state index contributed by atoms with van der Waals surface area (Å²) >= 11 is 0. The Morgan fingerprint density at radius 2 is 1.94 bits per heavy atom. The molecule has 0 aromatic heterocycles. The van der Waals surface area contributed by atoms with E-state index in [2.05, 4.69) is 5.32 Å². The standard InChI is InChI=1S/C13H20N2O2/c1-4-13(2,3)15-12(16)9-17-11-7-5-10(14)6-8-11/h5-8H,4,9,14H2,1-3H3,(H,15,16). The first-order chi connectivity index (χ1) is 7.93. The molecule has 1 rings (SSSR count). The molecule has 3 N–H and O–H groups in total. The average Bonchev–Trinajstić information content (AvgIpc) is 2.28. The molecule has 0 radical (unpaired) electrons. The third-order valence-corrected chi connectivity index (χ3v) is 2.61. The normalized spacial score (nSPS) is 11.0. The Hall–Kier alpha value is -1.71. The number of ether oxygens (including phenoxy) is 1. The molecule has 0 unspecified atom stereocenters. The third kappa shape index (κ3) is 4.76. The highest BCUT2D eigenvalue weighted by Gasteiger charge is 2.17. The molecule has 0 saturated heterocycles. The van der Waals surface area contributed by atoms with E-state index in [0.29, 0.717) is 11.4 Å². The van der Waals surface area contributed by atoms with Gasteiger partial charge in [-0.3, -0.25) is 4.79 Å². The summed E-state index contributed by atoms with van der Waals surface area (Å²) in [6.07, 6.45) is 0.876. The van der Waals surface area contributed by atoms with Crippen molar-refractivity contribution < 1.29 is 9.53 Å². The number of hydrogen-bond donors (Lipinski definition) is 2. The molecule has 0 aliphatic rings. The van der Waals surface area contributed by atoms with E-state index in [-0.39, 0.29) is 18.1 Å². The number of carbonyl (C=O) groups excluding carboxylic acids is 1. The molecule has 1 aromatic carbocycles. The van der Waals surface area contributed by atoms with E-state index in [1.165, 1.54) is 0 Å². The number of carbonyl (C=O) groups is 1. The zero-order chi connectivity index (χ0) is 12.9. The van der Waals surface area contributed by atoms with Gasteiger partial charge in [-0.25, -0.2) is 0 Å². The number of hydrogen-bond acceptors (Lipinski definition) is 3. The lowest BCUT2D eigenvalue weighted by Gasteiger charge is -2.24. The number of nitrogens with one attached hydrogen (secondary N) is 1. The smallest absolute Gasteiger partial charge is 0.258 e. The summed E-state index contributed by atoms with van der Waals surface area (Å²) in [5.41, 5.74) is 6.03. The predicted octanol–water partition coefficient (Wildman–Crippen LogP) is 1.95. The van der Waals surface area contributed by atoms with Crippen LogP contribution in [0.4, 0.5) is 5.69 Å². The summed E-state index contributed by atoms with van der Waals surface area (Å²) in [5.74, 6) is 0.525. The molecule has 0 aliphatic carbocycles. The van der Waals surface area contributed by atoms with Crippen LogP contribution in [0.1, 0.15) is 27.2 Å². The zero-order valence-electron chi connectivity index (χ0n) is 10.6. The van der Waals surface area contributed by atoms with Crippen molar-refractivity contribution in [1.82, 2.24) is 5.32 Å². The second-order valence-corrected chi connectivity index (χ2v) is 4.64. The molecule has 94 valence electrons. The highest BCUT2D eigenvalue weighted by molar-refractivity contribution is 5.78. The van der Waals surface area contributed by atoms with Gasteiger partial charge in [0.1, 0.15) is 5.75 Å². The molecule has 0 saturated carbocycles. The minimum Gasteiger partial charge on any atom is -0.484 e. The molecular weight excluding hydrogens is 216 g/mol. The molecule has 0 atom stereocenters. The number of rotatable bonds is 5. The molecule has 1 aromatic rings. The van der Waals surface area contributed by atoms with Gasteiger partial charge in [0.05, 0.1) is 0 Å². The van der Waals surface area contributed by atoms with Crippen molar-refractivity contribution in [2.75, 3.05) is 12.3 Å². The second-order valence-electron chi connectivity index (χ2n) is 4.64. The van der Waals surface area contributed by atoms with Gasteiger partial charge >= 0.3 is 0 Å². The number of anilines is 1. The van der Waals surface area contributed by atoms with Crippen LogP contribution in [-0.2, 0) is 4.79 Å². The van der Waals surface area contributed by atoms with E-state index in [1.54, 1.807) is 24.3 Å². The molecule has 0 fully saturated rings. The van der Waals surface area contributed by atoms with Crippen molar-refractivity contribution in [1.29, 1.82) is 0 Å². The SMILES string of the molecule is CCC(C)(C)NC(=O)COc1ccc(N)cc1. The highest BCUT2D eigenvalue weighted by Crippen LogP contribution is 2.13. The lowest BCUT2D eigenvalue weighted by molar-refractivity contribution is -0.124. The Balaban J connectivity index is 2.41. The topological polar surface area (TPSA) is 64.3 Å². The first-order valence-corrected chi connectivity index (χ1v) is 5.72. The quantitative estimate of drug-likeness (QED) is 0.768. The van der Waals surface area contributed by atoms with Crippen LogP contribution in [0.5, 0.6) is 5.75 Å². The molecule has 4 heteroatoms. The summed E-state index contributed by atoms with van der Waals surface area (Å²) in [6.45, 7) is 6.01. The lowest BCUT2D eigenvalue weighted by atomic mass is 10.0. The van der Waals surface area contributed by atoms with Crippen molar-refractivity contribution in [2.45, 2.75) is 32.7 Å². The van der Waals surface area contributed by atoms with Gasteiger partial charge < -0.3 is 15.8 Å². The summed E-state index contributed by atoms with van der Waals surface area (Å²) in [7, 11) is 0. The van der Waals surface area contributed by atoms with Crippen LogP contribution in [0.25, 0.3) is 0 Å². The maximum absolute atomic E-state index is 11.6. The van der Waals surface area contributed by atoms with E-state index in [0.717, 1.165) is 6.42 Å². The van der Waals surface area contributed by atoms with Gasteiger partial charge in [-0.05, 0) is 44.5 Å². The highest BCUT2D eigenvalue weighted by atomic mass is 16.5. The Labute approximate surface area is 102 Å². The number of amides is 1. The number of nitrogens with two attached hydrogens (primary N) is 1. The fourth-order valence-electron chi connectivity index (χ4n) is 1.21. The molecule has 0 heterocycles. The average molecular weight is 236 g/mol. The van der Waals surface area contributed by atoms with Gasteiger partial charge in [0, 0.05) is 11.2 Å². The molecule has 1 amide bonds. The monoisotopic (exact) mass is 236 g/mol. The summed E-state index contributed by atoms with van der Waals surface area (Å²) in [5, 5.41) is 2.90. The maximum Gasteiger partial charge on any atom is 0.258 e. The molecule has 0 bridgehead atoms. The fraction of sp³-hybridized carbons (Fsp3) is 0.462. The first kappa shape index (κ1) is 13.4. The summed E-state index contributed by atoms with van der Waals surface area (Å²) in [4.78, 5) is 11.6. The van der Waals surface area contributed by atoms with Crippen molar-refractivity contribution in [3.63, 3.8) is 0 Å². The lowest BCUT2D eigenvalue weighted by Crippen LogP contribution is -2.44. The minimum absolute atomic E-state index is 0.0212. The van der Waals surface area contributed by atoms with Crippen LogP contribution in [0.15, 0.2) is 24.3 Å². The molecular formula is C13H20N2O2. The van der Waals surface area contributed by atoms with Crippen LogP contribution in [0, 0.1) is 0 Å². The second kappa shape index (κ2) is 5.57. The van der Waals surface area contributed by atoms with Gasteiger partial charge in [-0.1, -0.05) is 6.92 Å². The van der Waals surface area contributed by atoms with Gasteiger partial charge in [0.15, 0.2) is 6.61 Å². The van der Waals surface area contributed by atoms with Crippen LogP contribution < -0.4 is 15.8 Å². The van der Waals surface area contributed by atoms with Crippen molar-refractivity contribution in [3.8, 4) is 5.75 Å². The zero-order valence-corrected chi connectivity index (χ0v) is 10.6. The maximum atomic E-state index is 11.6. The van der Waals surface area contributed by atoms with Crippen molar-refractivity contribution in [3.05, 3.63) is 24.3 Å².